The lowest BCUT2D eigenvalue weighted by Gasteiger charge is -2.34. The van der Waals surface area contributed by atoms with E-state index in [1.807, 2.05) is 6.92 Å². The standard InChI is InChI=1S/C19H27FN6O3S/c1-3-11-30(28,29)22-17-7-9-25(10-8-17)19(27)18(26-14(2)21-23-24-26)13-15-5-4-6-16(20)12-15/h4-6,12,17-18,22H,3,7-11,13H2,1-2H3/t18-/m0/s1. The molecule has 0 saturated carbocycles. The number of tetrazole rings is 1. The van der Waals surface area contributed by atoms with Crippen LogP contribution >= 0.6 is 0 Å². The van der Waals surface area contributed by atoms with Crippen LogP contribution in [0.5, 0.6) is 0 Å². The molecule has 9 nitrogen and oxygen atoms in total. The molecule has 11 heteroatoms. The fourth-order valence-corrected chi connectivity index (χ4v) is 5.10. The number of nitrogens with one attached hydrogen (secondary N) is 1. The van der Waals surface area contributed by atoms with Crippen molar-refractivity contribution in [3.05, 3.63) is 41.5 Å². The second-order valence-corrected chi connectivity index (χ2v) is 9.43. The zero-order chi connectivity index (χ0) is 21.7. The van der Waals surface area contributed by atoms with Gasteiger partial charge in [-0.3, -0.25) is 4.79 Å². The number of piperidine rings is 1. The Morgan fingerprint density at radius 1 is 1.33 bits per heavy atom. The molecule has 1 aliphatic rings. The Hall–Kier alpha value is -2.40. The van der Waals surface area contributed by atoms with Gasteiger partial charge in [-0.05, 0) is 54.3 Å². The molecule has 1 aromatic heterocycles. The van der Waals surface area contributed by atoms with Crippen molar-refractivity contribution in [2.45, 2.75) is 51.6 Å². The van der Waals surface area contributed by atoms with E-state index in [4.69, 9.17) is 0 Å². The number of hydrogen-bond donors (Lipinski definition) is 1. The fraction of sp³-hybridized carbons (Fsp3) is 0.579. The summed E-state index contributed by atoms with van der Waals surface area (Å²) < 4.78 is 41.8. The number of halogens is 1. The summed E-state index contributed by atoms with van der Waals surface area (Å²) in [6.45, 7) is 4.39. The van der Waals surface area contributed by atoms with Crippen LogP contribution in [0.25, 0.3) is 0 Å². The topological polar surface area (TPSA) is 110 Å². The molecule has 0 spiro atoms. The monoisotopic (exact) mass is 438 g/mol. The molecular formula is C19H27FN6O3S. The van der Waals surface area contributed by atoms with Crippen LogP contribution < -0.4 is 4.72 Å². The maximum atomic E-state index is 13.6. The molecule has 1 aromatic carbocycles. The second kappa shape index (κ2) is 9.61. The number of rotatable bonds is 8. The molecule has 1 saturated heterocycles. The lowest BCUT2D eigenvalue weighted by atomic mass is 10.0. The minimum atomic E-state index is -3.29. The van der Waals surface area contributed by atoms with E-state index in [1.54, 1.807) is 24.0 Å². The third-order valence-corrected chi connectivity index (χ3v) is 6.82. The smallest absolute Gasteiger partial charge is 0.247 e. The van der Waals surface area contributed by atoms with Crippen molar-refractivity contribution in [1.29, 1.82) is 0 Å². The van der Waals surface area contributed by atoms with E-state index in [2.05, 4.69) is 20.2 Å². The van der Waals surface area contributed by atoms with Gasteiger partial charge in [0.05, 0.1) is 5.75 Å². The number of aromatic nitrogens is 4. The molecule has 1 atom stereocenters. The predicted molar refractivity (Wildman–Crippen MR) is 109 cm³/mol. The van der Waals surface area contributed by atoms with Gasteiger partial charge in [-0.2, -0.15) is 0 Å². The van der Waals surface area contributed by atoms with E-state index >= 15 is 0 Å². The number of hydrogen-bond acceptors (Lipinski definition) is 6. The number of carbonyl (C=O) groups excluding carboxylic acids is 1. The normalized spacial score (nSPS) is 16.6. The molecule has 30 heavy (non-hydrogen) atoms. The van der Waals surface area contributed by atoms with Crippen molar-refractivity contribution >= 4 is 15.9 Å². The highest BCUT2D eigenvalue weighted by atomic mass is 32.2. The van der Waals surface area contributed by atoms with Gasteiger partial charge in [0.2, 0.25) is 15.9 Å². The van der Waals surface area contributed by atoms with Crippen LogP contribution in [0.1, 0.15) is 43.6 Å². The molecule has 2 aromatic rings. The maximum Gasteiger partial charge on any atom is 0.247 e. The maximum absolute atomic E-state index is 13.6. The van der Waals surface area contributed by atoms with Crippen LogP contribution in [0, 0.1) is 12.7 Å². The van der Waals surface area contributed by atoms with Gasteiger partial charge in [-0.1, -0.05) is 19.1 Å². The van der Waals surface area contributed by atoms with Crippen LogP contribution in [-0.4, -0.2) is 64.3 Å². The molecule has 1 N–H and O–H groups in total. The van der Waals surface area contributed by atoms with Crippen LogP contribution in [0.3, 0.4) is 0 Å². The first-order valence-electron chi connectivity index (χ1n) is 10.1. The van der Waals surface area contributed by atoms with Crippen LogP contribution in [0.2, 0.25) is 0 Å². The third kappa shape index (κ3) is 5.60. The SMILES string of the molecule is CCCS(=O)(=O)NC1CCN(C(=O)[C@H](Cc2cccc(F)c2)n2nnnc2C)CC1. The Morgan fingerprint density at radius 3 is 2.67 bits per heavy atom. The molecule has 2 heterocycles. The Kier molecular flexibility index (Phi) is 7.14. The Balaban J connectivity index is 1.71. The van der Waals surface area contributed by atoms with Crippen LogP contribution in [-0.2, 0) is 21.2 Å². The predicted octanol–water partition coefficient (Wildman–Crippen LogP) is 1.22. The van der Waals surface area contributed by atoms with Crippen LogP contribution in [0.15, 0.2) is 24.3 Å². The lowest BCUT2D eigenvalue weighted by molar-refractivity contribution is -0.136. The van der Waals surface area contributed by atoms with Gasteiger partial charge in [0.25, 0.3) is 0 Å². The van der Waals surface area contributed by atoms with Crippen molar-refractivity contribution in [2.75, 3.05) is 18.8 Å². The molecule has 0 bridgehead atoms. The zero-order valence-electron chi connectivity index (χ0n) is 17.2. The molecule has 1 aliphatic heterocycles. The van der Waals surface area contributed by atoms with E-state index < -0.39 is 16.1 Å². The van der Waals surface area contributed by atoms with Gasteiger partial charge in [-0.15, -0.1) is 5.10 Å². The van der Waals surface area contributed by atoms with E-state index in [-0.39, 0.29) is 29.9 Å². The molecule has 0 aliphatic carbocycles. The highest BCUT2D eigenvalue weighted by Crippen LogP contribution is 2.21. The molecule has 0 unspecified atom stereocenters. The number of sulfonamides is 1. The van der Waals surface area contributed by atoms with Crippen LogP contribution in [0.4, 0.5) is 4.39 Å². The summed E-state index contributed by atoms with van der Waals surface area (Å²) in [6.07, 6.45) is 1.89. The molecule has 1 fully saturated rings. The van der Waals surface area contributed by atoms with Gasteiger partial charge in [0.1, 0.15) is 17.7 Å². The highest BCUT2D eigenvalue weighted by Gasteiger charge is 2.32. The summed E-state index contributed by atoms with van der Waals surface area (Å²) >= 11 is 0. The number of nitrogens with zero attached hydrogens (tertiary/aromatic N) is 5. The largest absolute Gasteiger partial charge is 0.341 e. The molecular weight excluding hydrogens is 411 g/mol. The number of aryl methyl sites for hydroxylation is 1. The first-order chi connectivity index (χ1) is 14.3. The Labute approximate surface area is 175 Å². The summed E-state index contributed by atoms with van der Waals surface area (Å²) in [4.78, 5) is 15.0. The van der Waals surface area contributed by atoms with E-state index in [1.165, 1.54) is 16.8 Å². The summed E-state index contributed by atoms with van der Waals surface area (Å²) in [5, 5.41) is 11.5. The number of likely N-dealkylation sites (tertiary alicyclic amines) is 1. The lowest BCUT2D eigenvalue weighted by Crippen LogP contribution is -2.49. The van der Waals surface area contributed by atoms with Gasteiger partial charge in [-0.25, -0.2) is 22.2 Å². The first kappa shape index (κ1) is 22.3. The quantitative estimate of drug-likeness (QED) is 0.664. The van der Waals surface area contributed by atoms with Gasteiger partial charge < -0.3 is 4.90 Å². The summed E-state index contributed by atoms with van der Waals surface area (Å²) in [5.41, 5.74) is 0.672. The molecule has 164 valence electrons. The number of amides is 1. The highest BCUT2D eigenvalue weighted by molar-refractivity contribution is 7.89. The van der Waals surface area contributed by atoms with Crippen molar-refractivity contribution in [3.8, 4) is 0 Å². The van der Waals surface area contributed by atoms with Crippen molar-refractivity contribution in [1.82, 2.24) is 29.8 Å². The first-order valence-corrected chi connectivity index (χ1v) is 11.7. The second-order valence-electron chi connectivity index (χ2n) is 7.56. The molecule has 3 rings (SSSR count). The van der Waals surface area contributed by atoms with Gasteiger partial charge in [0.15, 0.2) is 0 Å². The average molecular weight is 439 g/mol. The summed E-state index contributed by atoms with van der Waals surface area (Å²) in [7, 11) is -3.29. The van der Waals surface area contributed by atoms with Gasteiger partial charge in [0, 0.05) is 25.6 Å². The summed E-state index contributed by atoms with van der Waals surface area (Å²) in [5.74, 6) is 0.0595. The summed E-state index contributed by atoms with van der Waals surface area (Å²) in [6, 6.07) is 5.24. The fourth-order valence-electron chi connectivity index (χ4n) is 3.70. The van der Waals surface area contributed by atoms with E-state index in [0.29, 0.717) is 43.7 Å². The van der Waals surface area contributed by atoms with Crippen molar-refractivity contribution in [3.63, 3.8) is 0 Å². The number of benzene rings is 1. The van der Waals surface area contributed by atoms with E-state index in [0.717, 1.165) is 0 Å². The molecule has 1 amide bonds. The Morgan fingerprint density at radius 2 is 2.07 bits per heavy atom. The minimum absolute atomic E-state index is 0.0976. The zero-order valence-corrected chi connectivity index (χ0v) is 18.0. The number of carbonyl (C=O) groups is 1. The average Bonchev–Trinajstić information content (AvgIpc) is 3.11. The van der Waals surface area contributed by atoms with Crippen molar-refractivity contribution < 1.29 is 17.6 Å². The van der Waals surface area contributed by atoms with E-state index in [9.17, 15) is 17.6 Å². The van der Waals surface area contributed by atoms with Crippen molar-refractivity contribution in [2.24, 2.45) is 0 Å². The Bertz CT molecular complexity index is 972. The molecule has 0 radical (unpaired) electrons. The third-order valence-electron chi connectivity index (χ3n) is 5.18. The van der Waals surface area contributed by atoms with Gasteiger partial charge >= 0.3 is 0 Å². The minimum Gasteiger partial charge on any atom is -0.341 e.